The number of halogens is 3. The minimum Gasteiger partial charge on any atom is -0.746 e. The highest BCUT2D eigenvalue weighted by Crippen LogP contribution is 2.45. The van der Waals surface area contributed by atoms with E-state index in [2.05, 4.69) is 56.8 Å². The molecular formula is C11H11Br3N2O9P-. The molecule has 2 N–H and O–H groups in total. The van der Waals surface area contributed by atoms with Gasteiger partial charge in [0.1, 0.15) is 12.3 Å². The summed E-state index contributed by atoms with van der Waals surface area (Å²) < 4.78 is 25.2. The summed E-state index contributed by atoms with van der Waals surface area (Å²) in [6, 6.07) is 1.10. The van der Waals surface area contributed by atoms with Gasteiger partial charge in [0.15, 0.2) is 0 Å². The van der Waals surface area contributed by atoms with Crippen LogP contribution in [0.25, 0.3) is 0 Å². The number of H-pyrrole nitrogens is 1. The van der Waals surface area contributed by atoms with Crippen LogP contribution in [-0.2, 0) is 23.1 Å². The van der Waals surface area contributed by atoms with E-state index in [0.29, 0.717) is 0 Å². The smallest absolute Gasteiger partial charge is 0.350 e. The number of hydrogen-bond acceptors (Lipinski definition) is 9. The zero-order valence-electron chi connectivity index (χ0n) is 12.5. The quantitative estimate of drug-likeness (QED) is 0.359. The zero-order chi connectivity index (χ0) is 19.7. The van der Waals surface area contributed by atoms with Crippen molar-refractivity contribution < 1.29 is 33.1 Å². The lowest BCUT2D eigenvalue weighted by Crippen LogP contribution is -2.32. The Morgan fingerprint density at radius 3 is 2.73 bits per heavy atom. The summed E-state index contributed by atoms with van der Waals surface area (Å²) >= 11 is 8.37. The average molecular weight is 586 g/mol. The SMILES string of the molecule is O=C(OP(=O)([O-])OC[C@H]1O[C@@H](n2ccc(=O)[nH]c2=O)C[C@@H]1O)C(Br)(Br)Br. The van der Waals surface area contributed by atoms with Gasteiger partial charge in [-0.3, -0.25) is 18.9 Å². The van der Waals surface area contributed by atoms with Crippen LogP contribution in [0.1, 0.15) is 12.6 Å². The van der Waals surface area contributed by atoms with Crippen molar-refractivity contribution in [2.45, 2.75) is 27.0 Å². The zero-order valence-corrected chi connectivity index (χ0v) is 18.2. The molecule has 11 nitrogen and oxygen atoms in total. The first-order valence-corrected chi connectivity index (χ1v) is 10.6. The Kier molecular flexibility index (Phi) is 7.05. The molecular weight excluding hydrogens is 575 g/mol. The Morgan fingerprint density at radius 2 is 2.15 bits per heavy atom. The number of nitrogens with one attached hydrogen (secondary N) is 1. The molecule has 1 fully saturated rings. The molecule has 15 heteroatoms. The highest BCUT2D eigenvalue weighted by molar-refractivity contribution is 9.40. The summed E-state index contributed by atoms with van der Waals surface area (Å²) in [6.07, 6.45) is -2.06. The van der Waals surface area contributed by atoms with Crippen LogP contribution in [0.15, 0.2) is 21.9 Å². The largest absolute Gasteiger partial charge is 0.746 e. The number of alkyl halides is 3. The van der Waals surface area contributed by atoms with Gasteiger partial charge < -0.3 is 23.8 Å². The monoisotopic (exact) mass is 583 g/mol. The van der Waals surface area contributed by atoms with Gasteiger partial charge in [-0.05, 0) is 47.8 Å². The molecule has 0 radical (unpaired) electrons. The summed E-state index contributed by atoms with van der Waals surface area (Å²) in [7, 11) is -5.03. The van der Waals surface area contributed by atoms with Gasteiger partial charge in [-0.15, -0.1) is 0 Å². The van der Waals surface area contributed by atoms with Crippen LogP contribution >= 0.6 is 55.6 Å². The van der Waals surface area contributed by atoms with Crippen molar-refractivity contribution in [2.24, 2.45) is 0 Å². The third-order valence-electron chi connectivity index (χ3n) is 3.19. The van der Waals surface area contributed by atoms with E-state index in [4.69, 9.17) is 4.74 Å². The van der Waals surface area contributed by atoms with E-state index in [9.17, 15) is 28.9 Å². The molecule has 0 saturated carbocycles. The Labute approximate surface area is 170 Å². The predicted molar refractivity (Wildman–Crippen MR) is 95.0 cm³/mol. The Morgan fingerprint density at radius 1 is 1.50 bits per heavy atom. The molecule has 0 bridgehead atoms. The van der Waals surface area contributed by atoms with Gasteiger partial charge in [0.25, 0.3) is 5.56 Å². The number of aromatic amines is 1. The number of phosphoric ester groups is 1. The highest BCUT2D eigenvalue weighted by atomic mass is 80.0. The van der Waals surface area contributed by atoms with E-state index in [1.54, 1.807) is 0 Å². The number of carbonyl (C=O) groups excluding carboxylic acids is 1. The maximum absolute atomic E-state index is 11.7. The van der Waals surface area contributed by atoms with Gasteiger partial charge in [-0.2, -0.15) is 0 Å². The van der Waals surface area contributed by atoms with E-state index in [0.717, 1.165) is 10.6 Å². The van der Waals surface area contributed by atoms with Gasteiger partial charge in [-0.1, -0.05) is 0 Å². The Bertz CT molecular complexity index is 835. The summed E-state index contributed by atoms with van der Waals surface area (Å²) in [5, 5.41) is 9.96. The van der Waals surface area contributed by atoms with Crippen LogP contribution < -0.4 is 16.1 Å². The molecule has 1 aliphatic rings. The second kappa shape index (κ2) is 8.35. The van der Waals surface area contributed by atoms with E-state index in [1.807, 2.05) is 4.98 Å². The van der Waals surface area contributed by atoms with Crippen molar-refractivity contribution in [3.8, 4) is 0 Å². The van der Waals surface area contributed by atoms with Gasteiger partial charge in [-0.25, -0.2) is 9.59 Å². The van der Waals surface area contributed by atoms with Gasteiger partial charge in [0, 0.05) is 18.7 Å². The molecule has 26 heavy (non-hydrogen) atoms. The van der Waals surface area contributed by atoms with Crippen LogP contribution in [0, 0.1) is 0 Å². The summed E-state index contributed by atoms with van der Waals surface area (Å²) in [4.78, 5) is 48.0. The number of aliphatic hydroxyl groups excluding tert-OH is 1. The molecule has 1 saturated heterocycles. The predicted octanol–water partition coefficient (Wildman–Crippen LogP) is 0.0517. The maximum atomic E-state index is 11.7. The summed E-state index contributed by atoms with van der Waals surface area (Å²) in [6.45, 7) is -0.649. The standard InChI is InChI=1S/C11H12Br3N2O9P/c12-11(13,14)9(19)25-26(21,22)23-4-6-5(17)3-8(24-6)16-2-1-7(18)15-10(16)20/h1-2,5-6,8,17H,3-4H2,(H,21,22)(H,15,18,20)/p-1/t5-,6+,8+/m0/s1. The maximum Gasteiger partial charge on any atom is 0.350 e. The molecule has 1 aromatic heterocycles. The second-order valence-corrected chi connectivity index (χ2v) is 13.2. The molecule has 1 aliphatic heterocycles. The third kappa shape index (κ3) is 5.83. The number of ether oxygens (including phenoxy) is 1. The minimum atomic E-state index is -5.03. The van der Waals surface area contributed by atoms with Crippen LogP contribution in [0.4, 0.5) is 0 Å². The summed E-state index contributed by atoms with van der Waals surface area (Å²) in [5.41, 5.74) is -1.34. The van der Waals surface area contributed by atoms with E-state index in [-0.39, 0.29) is 6.42 Å². The number of phosphoric acid groups is 1. The van der Waals surface area contributed by atoms with Crippen LogP contribution in [0.3, 0.4) is 0 Å². The summed E-state index contributed by atoms with van der Waals surface area (Å²) in [5.74, 6) is -1.23. The first-order chi connectivity index (χ1) is 11.9. The van der Waals surface area contributed by atoms with Gasteiger partial charge in [0.2, 0.25) is 2.14 Å². The number of rotatable bonds is 5. The lowest BCUT2D eigenvalue weighted by molar-refractivity contribution is -0.227. The first kappa shape index (κ1) is 22.0. The van der Waals surface area contributed by atoms with E-state index >= 15 is 0 Å². The van der Waals surface area contributed by atoms with Crippen LogP contribution in [0.5, 0.6) is 0 Å². The molecule has 4 atom stereocenters. The fourth-order valence-electron chi connectivity index (χ4n) is 2.03. The van der Waals surface area contributed by atoms with E-state index in [1.165, 1.54) is 6.20 Å². The Balaban J connectivity index is 1.98. The molecule has 0 amide bonds. The molecule has 146 valence electrons. The molecule has 0 aromatic carbocycles. The van der Waals surface area contributed by atoms with Gasteiger partial charge in [0.05, 0.1) is 12.7 Å². The fraction of sp³-hybridized carbons (Fsp3) is 0.545. The average Bonchev–Trinajstić information content (AvgIpc) is 2.84. The van der Waals surface area contributed by atoms with Crippen molar-refractivity contribution in [3.05, 3.63) is 33.1 Å². The lowest BCUT2D eigenvalue weighted by Gasteiger charge is -2.26. The van der Waals surface area contributed by atoms with E-state index < -0.39 is 52.2 Å². The Hall–Kier alpha value is -0.340. The van der Waals surface area contributed by atoms with Gasteiger partial charge >= 0.3 is 19.5 Å². The second-order valence-electron chi connectivity index (χ2n) is 5.07. The highest BCUT2D eigenvalue weighted by Gasteiger charge is 2.38. The van der Waals surface area contributed by atoms with Crippen molar-refractivity contribution in [2.75, 3.05) is 6.61 Å². The number of hydrogen-bond donors (Lipinski definition) is 2. The number of aromatic nitrogens is 2. The number of aliphatic hydroxyl groups is 1. The topological polar surface area (TPSA) is 160 Å². The molecule has 0 aliphatic carbocycles. The third-order valence-corrected chi connectivity index (χ3v) is 5.01. The molecule has 0 spiro atoms. The molecule has 2 heterocycles. The minimum absolute atomic E-state index is 0.0454. The molecule has 1 aromatic rings. The molecule has 1 unspecified atom stereocenters. The van der Waals surface area contributed by atoms with Crippen LogP contribution in [0.2, 0.25) is 0 Å². The fourth-order valence-corrected chi connectivity index (χ4v) is 3.37. The number of nitrogens with zero attached hydrogens (tertiary/aromatic N) is 1. The van der Waals surface area contributed by atoms with Crippen molar-refractivity contribution in [1.82, 2.24) is 9.55 Å². The molecule has 2 rings (SSSR count). The first-order valence-electron chi connectivity index (χ1n) is 6.80. The lowest BCUT2D eigenvalue weighted by atomic mass is 10.2. The van der Waals surface area contributed by atoms with Crippen molar-refractivity contribution in [1.29, 1.82) is 0 Å². The van der Waals surface area contributed by atoms with Crippen LogP contribution in [-0.4, -0.2) is 41.6 Å². The normalized spacial score (nSPS) is 25.7. The van der Waals surface area contributed by atoms with Crippen molar-refractivity contribution >= 4 is 61.6 Å². The van der Waals surface area contributed by atoms with Crippen molar-refractivity contribution in [3.63, 3.8) is 0 Å². The number of carbonyl (C=O) groups is 1.